The molecule has 24 heavy (non-hydrogen) atoms. The van der Waals surface area contributed by atoms with E-state index in [0.717, 1.165) is 32.5 Å². The Balaban J connectivity index is 0.000000272. The lowest BCUT2D eigenvalue weighted by molar-refractivity contribution is -0.145. The zero-order chi connectivity index (χ0) is 18.1. The number of esters is 2. The Morgan fingerprint density at radius 1 is 1.08 bits per heavy atom. The Labute approximate surface area is 143 Å². The second-order valence-corrected chi connectivity index (χ2v) is 6.24. The van der Waals surface area contributed by atoms with E-state index in [4.69, 9.17) is 0 Å². The lowest BCUT2D eigenvalue weighted by Gasteiger charge is -2.17. The van der Waals surface area contributed by atoms with Crippen LogP contribution < -0.4 is 5.32 Å². The van der Waals surface area contributed by atoms with E-state index in [1.807, 2.05) is 4.90 Å². The molecule has 0 spiro atoms. The molecule has 2 unspecified atom stereocenters. The normalized spacial score (nSPS) is 23.2. The maximum absolute atomic E-state index is 11.4. The molecule has 8 heteroatoms. The van der Waals surface area contributed by atoms with Gasteiger partial charge in [0.05, 0.1) is 32.6 Å². The predicted octanol–water partition coefficient (Wildman–Crippen LogP) is -0.662. The number of amides is 1. The first-order valence-electron chi connectivity index (χ1n) is 8.17. The zero-order valence-corrected chi connectivity index (χ0v) is 15.0. The summed E-state index contributed by atoms with van der Waals surface area (Å²) in [5.41, 5.74) is 0. The topological polar surface area (TPSA) is 88.2 Å². The van der Waals surface area contributed by atoms with Crippen LogP contribution >= 0.6 is 0 Å². The molecule has 1 N–H and O–H groups in total. The largest absolute Gasteiger partial charge is 0.469 e. The van der Waals surface area contributed by atoms with E-state index < -0.39 is 0 Å². The van der Waals surface area contributed by atoms with Crippen LogP contribution in [0.1, 0.15) is 12.8 Å². The highest BCUT2D eigenvalue weighted by Crippen LogP contribution is 2.17. The number of ether oxygens (including phenoxy) is 2. The molecule has 0 aliphatic carbocycles. The molecule has 2 atom stereocenters. The third-order valence-corrected chi connectivity index (χ3v) is 4.26. The van der Waals surface area contributed by atoms with Gasteiger partial charge < -0.3 is 19.7 Å². The van der Waals surface area contributed by atoms with Gasteiger partial charge in [-0.2, -0.15) is 0 Å². The highest BCUT2D eigenvalue weighted by Gasteiger charge is 2.30. The molecular formula is C16H29N3O5. The zero-order valence-electron chi connectivity index (χ0n) is 15.0. The minimum atomic E-state index is -0.171. The van der Waals surface area contributed by atoms with E-state index in [2.05, 4.69) is 14.8 Å². The van der Waals surface area contributed by atoms with E-state index in [1.54, 1.807) is 19.0 Å². The van der Waals surface area contributed by atoms with Gasteiger partial charge in [0.25, 0.3) is 0 Å². The van der Waals surface area contributed by atoms with Crippen molar-refractivity contribution in [3.05, 3.63) is 0 Å². The van der Waals surface area contributed by atoms with Crippen molar-refractivity contribution in [2.45, 2.75) is 12.8 Å². The van der Waals surface area contributed by atoms with Crippen LogP contribution in [0.2, 0.25) is 0 Å². The highest BCUT2D eigenvalue weighted by molar-refractivity contribution is 5.78. The number of rotatable bonds is 4. The van der Waals surface area contributed by atoms with Gasteiger partial charge >= 0.3 is 11.9 Å². The molecule has 2 aliphatic rings. The molecule has 0 aromatic rings. The van der Waals surface area contributed by atoms with Crippen molar-refractivity contribution in [3.8, 4) is 0 Å². The molecule has 2 saturated heterocycles. The van der Waals surface area contributed by atoms with Crippen molar-refractivity contribution in [2.75, 3.05) is 61.0 Å². The number of hydrogen-bond donors (Lipinski definition) is 1. The Morgan fingerprint density at radius 2 is 1.71 bits per heavy atom. The Morgan fingerprint density at radius 3 is 2.21 bits per heavy atom. The van der Waals surface area contributed by atoms with Gasteiger partial charge in [0, 0.05) is 27.2 Å². The first-order valence-corrected chi connectivity index (χ1v) is 8.17. The van der Waals surface area contributed by atoms with Crippen LogP contribution in [0, 0.1) is 11.8 Å². The molecule has 0 saturated carbocycles. The van der Waals surface area contributed by atoms with Crippen molar-refractivity contribution in [1.29, 1.82) is 0 Å². The Hall–Kier alpha value is -1.67. The summed E-state index contributed by atoms with van der Waals surface area (Å²) in [6, 6.07) is 0. The molecule has 0 aromatic heterocycles. The van der Waals surface area contributed by atoms with Gasteiger partial charge in [-0.1, -0.05) is 0 Å². The summed E-state index contributed by atoms with van der Waals surface area (Å²) in [4.78, 5) is 37.0. The molecule has 1 amide bonds. The summed E-state index contributed by atoms with van der Waals surface area (Å²) < 4.78 is 9.23. The Kier molecular flexibility index (Phi) is 8.70. The number of carbonyl (C=O) groups excluding carboxylic acids is 3. The number of hydrogen-bond acceptors (Lipinski definition) is 7. The maximum atomic E-state index is 11.4. The van der Waals surface area contributed by atoms with Crippen LogP contribution in [0.5, 0.6) is 0 Å². The summed E-state index contributed by atoms with van der Waals surface area (Å²) in [5.74, 6) is -0.143. The first kappa shape index (κ1) is 20.4. The fourth-order valence-corrected chi connectivity index (χ4v) is 2.69. The third-order valence-electron chi connectivity index (χ3n) is 4.26. The molecular weight excluding hydrogens is 314 g/mol. The van der Waals surface area contributed by atoms with Crippen LogP contribution in [0.25, 0.3) is 0 Å². The number of carbonyl (C=O) groups is 3. The van der Waals surface area contributed by atoms with Gasteiger partial charge in [0.2, 0.25) is 5.91 Å². The van der Waals surface area contributed by atoms with Gasteiger partial charge in [0.1, 0.15) is 0 Å². The SMILES string of the molecule is COC(=O)C1CCN(CC(=O)N(C)C)C1.COC(=O)C1CCNC1. The van der Waals surface area contributed by atoms with Crippen molar-refractivity contribution < 1.29 is 23.9 Å². The molecule has 2 heterocycles. The van der Waals surface area contributed by atoms with Crippen LogP contribution in [-0.2, 0) is 23.9 Å². The predicted molar refractivity (Wildman–Crippen MR) is 88.2 cm³/mol. The second kappa shape index (κ2) is 10.2. The number of likely N-dealkylation sites (N-methyl/N-ethyl adjacent to an activating group) is 1. The van der Waals surface area contributed by atoms with Crippen molar-refractivity contribution >= 4 is 17.8 Å². The van der Waals surface area contributed by atoms with Gasteiger partial charge in [-0.15, -0.1) is 0 Å². The molecule has 0 radical (unpaired) electrons. The van der Waals surface area contributed by atoms with Crippen LogP contribution in [0.4, 0.5) is 0 Å². The average molecular weight is 343 g/mol. The monoisotopic (exact) mass is 343 g/mol. The van der Waals surface area contributed by atoms with Gasteiger partial charge in [-0.25, -0.2) is 0 Å². The van der Waals surface area contributed by atoms with Crippen LogP contribution in [0.3, 0.4) is 0 Å². The molecule has 2 fully saturated rings. The van der Waals surface area contributed by atoms with Gasteiger partial charge in [0.15, 0.2) is 0 Å². The molecule has 2 aliphatic heterocycles. The van der Waals surface area contributed by atoms with Crippen molar-refractivity contribution in [2.24, 2.45) is 11.8 Å². The second-order valence-electron chi connectivity index (χ2n) is 6.24. The number of likely N-dealkylation sites (tertiary alicyclic amines) is 1. The van der Waals surface area contributed by atoms with E-state index in [-0.39, 0.29) is 29.7 Å². The molecule has 0 aromatic carbocycles. The standard InChI is InChI=1S/C10H18N2O3.C6H11NO2/c1-11(2)9(13)7-12-5-4-8(6-12)10(14)15-3;1-9-6(8)5-2-3-7-4-5/h8H,4-7H2,1-3H3;5,7H,2-4H2,1H3. The fraction of sp³-hybridized carbons (Fsp3) is 0.812. The number of nitrogens with one attached hydrogen (secondary N) is 1. The molecule has 2 rings (SSSR count). The smallest absolute Gasteiger partial charge is 0.310 e. The van der Waals surface area contributed by atoms with Crippen LogP contribution in [0.15, 0.2) is 0 Å². The quantitative estimate of drug-likeness (QED) is 0.678. The molecule has 0 bridgehead atoms. The summed E-state index contributed by atoms with van der Waals surface area (Å²) in [6.45, 7) is 3.54. The summed E-state index contributed by atoms with van der Waals surface area (Å²) >= 11 is 0. The van der Waals surface area contributed by atoms with E-state index in [1.165, 1.54) is 14.2 Å². The van der Waals surface area contributed by atoms with Gasteiger partial charge in [-0.3, -0.25) is 19.3 Å². The molecule has 8 nitrogen and oxygen atoms in total. The minimum Gasteiger partial charge on any atom is -0.469 e. The van der Waals surface area contributed by atoms with E-state index in [0.29, 0.717) is 13.1 Å². The van der Waals surface area contributed by atoms with Crippen LogP contribution in [-0.4, -0.2) is 88.7 Å². The molecule has 138 valence electrons. The summed E-state index contributed by atoms with van der Waals surface area (Å²) in [6.07, 6.45) is 1.71. The third kappa shape index (κ3) is 6.45. The Bertz CT molecular complexity index is 435. The van der Waals surface area contributed by atoms with E-state index >= 15 is 0 Å². The lowest BCUT2D eigenvalue weighted by Crippen LogP contribution is -2.35. The van der Waals surface area contributed by atoms with Crippen molar-refractivity contribution in [1.82, 2.24) is 15.1 Å². The lowest BCUT2D eigenvalue weighted by atomic mass is 10.1. The van der Waals surface area contributed by atoms with E-state index in [9.17, 15) is 14.4 Å². The maximum Gasteiger partial charge on any atom is 0.310 e. The summed E-state index contributed by atoms with van der Waals surface area (Å²) in [7, 11) is 6.29. The van der Waals surface area contributed by atoms with Crippen molar-refractivity contribution in [3.63, 3.8) is 0 Å². The number of nitrogens with zero attached hydrogens (tertiary/aromatic N) is 2. The minimum absolute atomic E-state index is 0.0648. The highest BCUT2D eigenvalue weighted by atomic mass is 16.5. The van der Waals surface area contributed by atoms with Gasteiger partial charge in [-0.05, 0) is 25.9 Å². The number of methoxy groups -OCH3 is 2. The average Bonchev–Trinajstić information content (AvgIpc) is 3.25. The fourth-order valence-electron chi connectivity index (χ4n) is 2.69. The summed E-state index contributed by atoms with van der Waals surface area (Å²) in [5, 5.41) is 3.09. The first-order chi connectivity index (χ1) is 11.4.